The van der Waals surface area contributed by atoms with Gasteiger partial charge in [0.1, 0.15) is 0 Å². The Bertz CT molecular complexity index is 343. The lowest BCUT2D eigenvalue weighted by Crippen LogP contribution is -2.46. The van der Waals surface area contributed by atoms with Crippen LogP contribution in [-0.2, 0) is 4.79 Å². The summed E-state index contributed by atoms with van der Waals surface area (Å²) < 4.78 is 0. The zero-order valence-electron chi connectivity index (χ0n) is 11.1. The number of hydrogen-bond acceptors (Lipinski definition) is 2. The van der Waals surface area contributed by atoms with Gasteiger partial charge in [-0.15, -0.1) is 0 Å². The van der Waals surface area contributed by atoms with Crippen LogP contribution in [0.5, 0.6) is 0 Å². The SMILES string of the molecule is CC(C)C(CNC(=O)N1CC2CCC1C2)C(=O)O. The van der Waals surface area contributed by atoms with Crippen molar-refractivity contribution in [1.82, 2.24) is 10.2 Å². The topological polar surface area (TPSA) is 69.6 Å². The lowest BCUT2D eigenvalue weighted by Gasteiger charge is -2.28. The highest BCUT2D eigenvalue weighted by molar-refractivity contribution is 5.76. The van der Waals surface area contributed by atoms with Crippen molar-refractivity contribution in [1.29, 1.82) is 0 Å². The fourth-order valence-corrected chi connectivity index (χ4v) is 3.08. The highest BCUT2D eigenvalue weighted by Gasteiger charge is 2.40. The third kappa shape index (κ3) is 2.60. The Kier molecular flexibility index (Phi) is 3.78. The number of amides is 2. The first-order chi connectivity index (χ1) is 8.49. The fraction of sp³-hybridized carbons (Fsp3) is 0.846. The van der Waals surface area contributed by atoms with Crippen LogP contribution in [0.2, 0.25) is 0 Å². The summed E-state index contributed by atoms with van der Waals surface area (Å²) in [6.07, 6.45) is 3.46. The zero-order chi connectivity index (χ0) is 13.3. The molecule has 2 amide bonds. The van der Waals surface area contributed by atoms with Crippen LogP contribution in [0, 0.1) is 17.8 Å². The molecule has 2 N–H and O–H groups in total. The maximum Gasteiger partial charge on any atom is 0.317 e. The Labute approximate surface area is 108 Å². The standard InChI is InChI=1S/C13H22N2O3/c1-8(2)11(12(16)17)6-14-13(18)15-7-9-3-4-10(15)5-9/h8-11H,3-7H2,1-2H3,(H,14,18)(H,16,17). The third-order valence-electron chi connectivity index (χ3n) is 4.27. The summed E-state index contributed by atoms with van der Waals surface area (Å²) in [6.45, 7) is 4.79. The van der Waals surface area contributed by atoms with Crippen LogP contribution in [0.15, 0.2) is 0 Å². The van der Waals surface area contributed by atoms with Crippen molar-refractivity contribution in [2.24, 2.45) is 17.8 Å². The highest BCUT2D eigenvalue weighted by Crippen LogP contribution is 2.37. The summed E-state index contributed by atoms with van der Waals surface area (Å²) in [5.41, 5.74) is 0. The summed E-state index contributed by atoms with van der Waals surface area (Å²) >= 11 is 0. The molecular weight excluding hydrogens is 232 g/mol. The van der Waals surface area contributed by atoms with Gasteiger partial charge in [0.2, 0.25) is 0 Å². The number of carbonyl (C=O) groups excluding carboxylic acids is 1. The van der Waals surface area contributed by atoms with Crippen molar-refractivity contribution in [2.75, 3.05) is 13.1 Å². The minimum atomic E-state index is -0.840. The molecule has 5 heteroatoms. The molecule has 1 saturated carbocycles. The minimum absolute atomic E-state index is 0.0258. The number of aliphatic carboxylic acids is 1. The first kappa shape index (κ1) is 13.2. The van der Waals surface area contributed by atoms with Crippen molar-refractivity contribution in [3.63, 3.8) is 0 Å². The van der Waals surface area contributed by atoms with Gasteiger partial charge >= 0.3 is 12.0 Å². The summed E-state index contributed by atoms with van der Waals surface area (Å²) in [5.74, 6) is -0.652. The molecule has 102 valence electrons. The first-order valence-corrected chi connectivity index (χ1v) is 6.76. The Morgan fingerprint density at radius 1 is 1.39 bits per heavy atom. The summed E-state index contributed by atoms with van der Waals surface area (Å²) in [4.78, 5) is 24.9. The molecule has 0 radical (unpaired) electrons. The average Bonchev–Trinajstić information content (AvgIpc) is 2.89. The Balaban J connectivity index is 1.83. The molecule has 2 aliphatic rings. The molecule has 2 rings (SSSR count). The molecule has 1 saturated heterocycles. The van der Waals surface area contributed by atoms with Gasteiger partial charge in [0.25, 0.3) is 0 Å². The fourth-order valence-electron chi connectivity index (χ4n) is 3.08. The molecule has 3 atom stereocenters. The van der Waals surface area contributed by atoms with Crippen LogP contribution >= 0.6 is 0 Å². The second kappa shape index (κ2) is 5.16. The van der Waals surface area contributed by atoms with E-state index < -0.39 is 11.9 Å². The van der Waals surface area contributed by atoms with Gasteiger partial charge < -0.3 is 15.3 Å². The number of carboxylic acids is 1. The van der Waals surface area contributed by atoms with Crippen molar-refractivity contribution in [3.05, 3.63) is 0 Å². The Hall–Kier alpha value is -1.26. The van der Waals surface area contributed by atoms with Crippen molar-refractivity contribution in [2.45, 2.75) is 39.2 Å². The summed E-state index contributed by atoms with van der Waals surface area (Å²) in [7, 11) is 0. The second-order valence-electron chi connectivity index (χ2n) is 5.86. The van der Waals surface area contributed by atoms with E-state index in [0.717, 1.165) is 19.4 Å². The van der Waals surface area contributed by atoms with Gasteiger partial charge in [-0.25, -0.2) is 4.79 Å². The first-order valence-electron chi connectivity index (χ1n) is 6.76. The monoisotopic (exact) mass is 254 g/mol. The van der Waals surface area contributed by atoms with Gasteiger partial charge in [0, 0.05) is 19.1 Å². The van der Waals surface area contributed by atoms with Gasteiger partial charge in [-0.3, -0.25) is 4.79 Å². The van der Waals surface area contributed by atoms with E-state index in [9.17, 15) is 9.59 Å². The third-order valence-corrected chi connectivity index (χ3v) is 4.27. The number of fused-ring (bicyclic) bond motifs is 2. The smallest absolute Gasteiger partial charge is 0.317 e. The Morgan fingerprint density at radius 3 is 2.56 bits per heavy atom. The molecule has 2 fully saturated rings. The zero-order valence-corrected chi connectivity index (χ0v) is 11.1. The van der Waals surface area contributed by atoms with Crippen LogP contribution < -0.4 is 5.32 Å². The van der Waals surface area contributed by atoms with E-state index in [1.807, 2.05) is 18.7 Å². The molecule has 0 aromatic rings. The lowest BCUT2D eigenvalue weighted by molar-refractivity contribution is -0.142. The number of nitrogens with zero attached hydrogens (tertiary/aromatic N) is 1. The summed E-state index contributed by atoms with van der Waals surface area (Å²) in [5, 5.41) is 11.8. The van der Waals surface area contributed by atoms with Crippen LogP contribution in [0.3, 0.4) is 0 Å². The van der Waals surface area contributed by atoms with Gasteiger partial charge in [0.05, 0.1) is 5.92 Å². The van der Waals surface area contributed by atoms with Gasteiger partial charge in [-0.2, -0.15) is 0 Å². The highest BCUT2D eigenvalue weighted by atomic mass is 16.4. The van der Waals surface area contributed by atoms with Crippen molar-refractivity contribution >= 4 is 12.0 Å². The lowest BCUT2D eigenvalue weighted by atomic mass is 9.96. The minimum Gasteiger partial charge on any atom is -0.481 e. The number of urea groups is 1. The van der Waals surface area contributed by atoms with Gasteiger partial charge in [-0.05, 0) is 31.1 Å². The molecule has 0 aromatic heterocycles. The number of piperidine rings is 1. The number of carbonyl (C=O) groups is 2. The molecule has 1 heterocycles. The normalized spacial score (nSPS) is 27.6. The largest absolute Gasteiger partial charge is 0.481 e. The number of hydrogen-bond donors (Lipinski definition) is 2. The molecular formula is C13H22N2O3. The molecule has 0 aromatic carbocycles. The van der Waals surface area contributed by atoms with Crippen LogP contribution in [0.25, 0.3) is 0 Å². The molecule has 0 spiro atoms. The van der Waals surface area contributed by atoms with E-state index in [2.05, 4.69) is 5.32 Å². The van der Waals surface area contributed by atoms with E-state index in [-0.39, 0.29) is 18.5 Å². The van der Waals surface area contributed by atoms with Gasteiger partial charge in [-0.1, -0.05) is 13.8 Å². The van der Waals surface area contributed by atoms with E-state index in [4.69, 9.17) is 5.11 Å². The predicted molar refractivity (Wildman–Crippen MR) is 67.2 cm³/mol. The number of carboxylic acid groups (broad SMARTS) is 1. The number of nitrogens with one attached hydrogen (secondary N) is 1. The molecule has 2 bridgehead atoms. The molecule has 18 heavy (non-hydrogen) atoms. The molecule has 3 unspecified atom stereocenters. The summed E-state index contributed by atoms with van der Waals surface area (Å²) in [6, 6.07) is 0.298. The van der Waals surface area contributed by atoms with Gasteiger partial charge in [0.15, 0.2) is 0 Å². The number of likely N-dealkylation sites (tertiary alicyclic amines) is 1. The predicted octanol–water partition coefficient (Wildman–Crippen LogP) is 1.54. The quantitative estimate of drug-likeness (QED) is 0.799. The second-order valence-corrected chi connectivity index (χ2v) is 5.86. The van der Waals surface area contributed by atoms with E-state index >= 15 is 0 Å². The molecule has 1 aliphatic carbocycles. The van der Waals surface area contributed by atoms with E-state index in [1.165, 1.54) is 6.42 Å². The average molecular weight is 254 g/mol. The van der Waals surface area contributed by atoms with Crippen molar-refractivity contribution < 1.29 is 14.7 Å². The number of rotatable bonds is 4. The van der Waals surface area contributed by atoms with E-state index in [0.29, 0.717) is 12.0 Å². The maximum atomic E-state index is 12.0. The van der Waals surface area contributed by atoms with Crippen LogP contribution in [0.4, 0.5) is 4.79 Å². The molecule has 5 nitrogen and oxygen atoms in total. The maximum absolute atomic E-state index is 12.0. The van der Waals surface area contributed by atoms with Crippen molar-refractivity contribution in [3.8, 4) is 0 Å². The Morgan fingerprint density at radius 2 is 2.11 bits per heavy atom. The van der Waals surface area contributed by atoms with Crippen LogP contribution in [0.1, 0.15) is 33.1 Å². The molecule has 1 aliphatic heterocycles. The van der Waals surface area contributed by atoms with Crippen LogP contribution in [-0.4, -0.2) is 41.1 Å². The van der Waals surface area contributed by atoms with E-state index in [1.54, 1.807) is 0 Å².